The number of nitrogens with one attached hydrogen (secondary N) is 1. The van der Waals surface area contributed by atoms with Crippen LogP contribution in [0, 0.1) is 10.1 Å². The number of hydrogen-bond acceptors (Lipinski definition) is 4. The Labute approximate surface area is 132 Å². The Morgan fingerprint density at radius 3 is 2.57 bits per heavy atom. The van der Waals surface area contributed by atoms with Gasteiger partial charge in [0.1, 0.15) is 5.69 Å². The lowest BCUT2D eigenvalue weighted by Gasteiger charge is -2.11. The summed E-state index contributed by atoms with van der Waals surface area (Å²) in [5.41, 5.74) is 1.64. The van der Waals surface area contributed by atoms with Crippen molar-refractivity contribution in [1.82, 2.24) is 0 Å². The first-order valence-corrected chi connectivity index (χ1v) is 7.86. The Hall–Kier alpha value is -1.72. The van der Waals surface area contributed by atoms with Gasteiger partial charge in [-0.05, 0) is 36.8 Å². The molecule has 21 heavy (non-hydrogen) atoms. The van der Waals surface area contributed by atoms with Crippen LogP contribution < -0.4 is 5.32 Å². The normalized spacial score (nSPS) is 10.4. The number of nitro groups is 1. The van der Waals surface area contributed by atoms with E-state index < -0.39 is 0 Å². The van der Waals surface area contributed by atoms with Crippen molar-refractivity contribution >= 4 is 34.7 Å². The Kier molecular flexibility index (Phi) is 5.47. The maximum absolute atomic E-state index is 11.1. The molecule has 0 aliphatic heterocycles. The first-order valence-electron chi connectivity index (χ1n) is 6.50. The summed E-state index contributed by atoms with van der Waals surface area (Å²) in [4.78, 5) is 11.8. The van der Waals surface area contributed by atoms with Crippen molar-refractivity contribution in [3.63, 3.8) is 0 Å². The monoisotopic (exact) mass is 322 g/mol. The fourth-order valence-electron chi connectivity index (χ4n) is 1.93. The molecule has 0 heterocycles. The van der Waals surface area contributed by atoms with E-state index in [-0.39, 0.29) is 10.6 Å². The molecule has 2 aromatic carbocycles. The van der Waals surface area contributed by atoms with E-state index >= 15 is 0 Å². The highest BCUT2D eigenvalue weighted by Gasteiger charge is 2.16. The molecule has 0 atom stereocenters. The SMILES string of the molecule is CCNc1c(CSc2ccc(Cl)cc2)cccc1[N+](=O)[O-]. The van der Waals surface area contributed by atoms with Crippen molar-refractivity contribution in [3.05, 3.63) is 63.2 Å². The molecule has 2 rings (SSSR count). The molecule has 0 spiro atoms. The quantitative estimate of drug-likeness (QED) is 0.463. The third-order valence-electron chi connectivity index (χ3n) is 2.89. The summed E-state index contributed by atoms with van der Waals surface area (Å²) in [7, 11) is 0. The van der Waals surface area contributed by atoms with E-state index in [1.165, 1.54) is 6.07 Å². The summed E-state index contributed by atoms with van der Waals surface area (Å²) in [5.74, 6) is 0.658. The lowest BCUT2D eigenvalue weighted by molar-refractivity contribution is -0.384. The van der Waals surface area contributed by atoms with Crippen LogP contribution in [-0.2, 0) is 5.75 Å². The van der Waals surface area contributed by atoms with Gasteiger partial charge in [-0.2, -0.15) is 0 Å². The van der Waals surface area contributed by atoms with Crippen molar-refractivity contribution in [2.24, 2.45) is 0 Å². The zero-order valence-corrected chi connectivity index (χ0v) is 13.1. The maximum atomic E-state index is 11.1. The number of halogens is 1. The standard InChI is InChI=1S/C15H15ClN2O2S/c1-2-17-15-11(4-3-5-14(15)18(19)20)10-21-13-8-6-12(16)7-9-13/h3-9,17H,2,10H2,1H3. The third-order valence-corrected chi connectivity index (χ3v) is 4.20. The van der Waals surface area contributed by atoms with Gasteiger partial charge in [-0.3, -0.25) is 10.1 Å². The largest absolute Gasteiger partial charge is 0.380 e. The molecule has 0 aliphatic rings. The van der Waals surface area contributed by atoms with Crippen molar-refractivity contribution in [1.29, 1.82) is 0 Å². The van der Waals surface area contributed by atoms with Gasteiger partial charge in [-0.25, -0.2) is 0 Å². The molecular formula is C15H15ClN2O2S. The van der Waals surface area contributed by atoms with E-state index in [1.807, 2.05) is 37.3 Å². The van der Waals surface area contributed by atoms with Crippen molar-refractivity contribution < 1.29 is 4.92 Å². The Bertz CT molecular complexity index is 632. The van der Waals surface area contributed by atoms with Gasteiger partial charge in [0.05, 0.1) is 4.92 Å². The van der Waals surface area contributed by atoms with Crippen molar-refractivity contribution in [3.8, 4) is 0 Å². The van der Waals surface area contributed by atoms with Crippen LogP contribution in [0.3, 0.4) is 0 Å². The predicted octanol–water partition coefficient (Wildman–Crippen LogP) is 4.97. The summed E-state index contributed by atoms with van der Waals surface area (Å²) in [5, 5.41) is 14.9. The Morgan fingerprint density at radius 1 is 1.24 bits per heavy atom. The van der Waals surface area contributed by atoms with E-state index in [2.05, 4.69) is 5.32 Å². The molecule has 6 heteroatoms. The lowest BCUT2D eigenvalue weighted by Crippen LogP contribution is -2.04. The summed E-state index contributed by atoms with van der Waals surface area (Å²) in [6.45, 7) is 2.57. The van der Waals surface area contributed by atoms with Gasteiger partial charge in [0.15, 0.2) is 0 Å². The highest BCUT2D eigenvalue weighted by molar-refractivity contribution is 7.98. The minimum absolute atomic E-state index is 0.117. The van der Waals surface area contributed by atoms with Gasteiger partial charge in [0.2, 0.25) is 0 Å². The molecule has 2 aromatic rings. The molecule has 110 valence electrons. The van der Waals surface area contributed by atoms with Crippen LogP contribution in [0.1, 0.15) is 12.5 Å². The molecule has 1 N–H and O–H groups in total. The number of nitrogens with zero attached hydrogens (tertiary/aromatic N) is 1. The summed E-state index contributed by atoms with van der Waals surface area (Å²) < 4.78 is 0. The molecule has 0 unspecified atom stereocenters. The van der Waals surface area contributed by atoms with Crippen LogP contribution in [-0.4, -0.2) is 11.5 Å². The van der Waals surface area contributed by atoms with E-state index in [9.17, 15) is 10.1 Å². The molecule has 0 bridgehead atoms. The smallest absolute Gasteiger partial charge is 0.292 e. The fourth-order valence-corrected chi connectivity index (χ4v) is 2.95. The zero-order chi connectivity index (χ0) is 15.2. The summed E-state index contributed by atoms with van der Waals surface area (Å²) >= 11 is 7.48. The van der Waals surface area contributed by atoms with Crippen LogP contribution >= 0.6 is 23.4 Å². The fraction of sp³-hybridized carbons (Fsp3) is 0.200. The number of benzene rings is 2. The third kappa shape index (κ3) is 4.12. The Balaban J connectivity index is 2.20. The van der Waals surface area contributed by atoms with Gasteiger partial charge < -0.3 is 5.32 Å². The molecule has 0 saturated carbocycles. The van der Waals surface area contributed by atoms with E-state index in [4.69, 9.17) is 11.6 Å². The van der Waals surface area contributed by atoms with Crippen LogP contribution in [0.15, 0.2) is 47.4 Å². The van der Waals surface area contributed by atoms with Crippen molar-refractivity contribution in [2.75, 3.05) is 11.9 Å². The molecule has 0 fully saturated rings. The number of para-hydroxylation sites is 1. The topological polar surface area (TPSA) is 55.2 Å². The average Bonchev–Trinajstić information content (AvgIpc) is 2.47. The zero-order valence-electron chi connectivity index (χ0n) is 11.5. The number of rotatable bonds is 6. The lowest BCUT2D eigenvalue weighted by atomic mass is 10.1. The highest BCUT2D eigenvalue weighted by Crippen LogP contribution is 2.33. The minimum Gasteiger partial charge on any atom is -0.380 e. The van der Waals surface area contributed by atoms with E-state index in [0.29, 0.717) is 23.0 Å². The minimum atomic E-state index is -0.353. The second-order valence-corrected chi connectivity index (χ2v) is 5.83. The number of thioether (sulfide) groups is 1. The van der Waals surface area contributed by atoms with Crippen LogP contribution in [0.5, 0.6) is 0 Å². The Morgan fingerprint density at radius 2 is 1.95 bits per heavy atom. The molecule has 4 nitrogen and oxygen atoms in total. The maximum Gasteiger partial charge on any atom is 0.292 e. The van der Waals surface area contributed by atoms with Gasteiger partial charge in [-0.15, -0.1) is 11.8 Å². The van der Waals surface area contributed by atoms with Gasteiger partial charge in [0.25, 0.3) is 5.69 Å². The second kappa shape index (κ2) is 7.33. The molecule has 0 aromatic heterocycles. The van der Waals surface area contributed by atoms with Gasteiger partial charge in [0, 0.05) is 28.3 Å². The van der Waals surface area contributed by atoms with E-state index in [0.717, 1.165) is 10.5 Å². The summed E-state index contributed by atoms with van der Waals surface area (Å²) in [6, 6.07) is 12.7. The van der Waals surface area contributed by atoms with Crippen LogP contribution in [0.4, 0.5) is 11.4 Å². The van der Waals surface area contributed by atoms with E-state index in [1.54, 1.807) is 17.8 Å². The van der Waals surface area contributed by atoms with Gasteiger partial charge >= 0.3 is 0 Å². The van der Waals surface area contributed by atoms with Crippen LogP contribution in [0.25, 0.3) is 0 Å². The predicted molar refractivity (Wildman–Crippen MR) is 88.3 cm³/mol. The molecule has 0 saturated heterocycles. The van der Waals surface area contributed by atoms with Crippen molar-refractivity contribution in [2.45, 2.75) is 17.6 Å². The number of anilines is 1. The highest BCUT2D eigenvalue weighted by atomic mass is 35.5. The summed E-state index contributed by atoms with van der Waals surface area (Å²) in [6.07, 6.45) is 0. The average molecular weight is 323 g/mol. The van der Waals surface area contributed by atoms with Gasteiger partial charge in [-0.1, -0.05) is 23.7 Å². The number of hydrogen-bond donors (Lipinski definition) is 1. The molecule has 0 aliphatic carbocycles. The molecule has 0 radical (unpaired) electrons. The van der Waals surface area contributed by atoms with Crippen LogP contribution in [0.2, 0.25) is 5.02 Å². The molecular weight excluding hydrogens is 308 g/mol. The second-order valence-electron chi connectivity index (χ2n) is 4.34. The number of nitro benzene ring substituents is 1. The molecule has 0 amide bonds. The first kappa shape index (κ1) is 15.7. The first-order chi connectivity index (χ1) is 10.1.